The van der Waals surface area contributed by atoms with E-state index in [2.05, 4.69) is 21.6 Å². The van der Waals surface area contributed by atoms with Crippen LogP contribution in [-0.2, 0) is 0 Å². The van der Waals surface area contributed by atoms with Crippen LogP contribution in [0, 0.1) is 0 Å². The largest absolute Gasteiger partial charge is 0.0856 e. The van der Waals surface area contributed by atoms with Gasteiger partial charge in [0.05, 0.1) is 0 Å². The second-order valence-corrected chi connectivity index (χ2v) is 7.39. The minimum Gasteiger partial charge on any atom is -0.0856 e. The molecule has 2 aliphatic carbocycles. The molecule has 2 heteroatoms. The Balaban J connectivity index is 1.90. The Bertz CT molecular complexity index is 231. The van der Waals surface area contributed by atoms with Gasteiger partial charge < -0.3 is 0 Å². The predicted octanol–water partition coefficient (Wildman–Crippen LogP) is 4.56. The Morgan fingerprint density at radius 1 is 0.714 bits per heavy atom. The van der Waals surface area contributed by atoms with Crippen molar-refractivity contribution in [2.24, 2.45) is 0 Å². The average molecular weight is 226 g/mol. The normalized spacial score (nSPS) is 37.7. The molecule has 0 aromatic heterocycles. The molecule has 0 aromatic carbocycles. The number of hydrogen-bond acceptors (Lipinski definition) is 2. The first-order valence-corrected chi connectivity index (χ1v) is 8.27. The quantitative estimate of drug-likeness (QED) is 0.438. The second kappa shape index (κ2) is 4.13. The van der Waals surface area contributed by atoms with Gasteiger partial charge in [-0.3, -0.25) is 0 Å². The number of hydrogen-bond donors (Lipinski definition) is 0. The zero-order chi connectivity index (χ0) is 9.38. The smallest absolute Gasteiger partial charge is 0.0363 e. The van der Waals surface area contributed by atoms with Crippen molar-refractivity contribution in [3.8, 4) is 0 Å². The summed E-state index contributed by atoms with van der Waals surface area (Å²) in [4.78, 5) is 0. The molecule has 78 valence electrons. The van der Waals surface area contributed by atoms with Crippen molar-refractivity contribution >= 4 is 21.6 Å². The highest BCUT2D eigenvalue weighted by molar-refractivity contribution is 8.77. The monoisotopic (exact) mass is 226 g/mol. The van der Waals surface area contributed by atoms with Crippen molar-refractivity contribution < 1.29 is 0 Å². The van der Waals surface area contributed by atoms with Gasteiger partial charge in [-0.05, 0) is 38.5 Å². The van der Waals surface area contributed by atoms with Crippen molar-refractivity contribution in [1.82, 2.24) is 0 Å². The van der Waals surface area contributed by atoms with Gasteiger partial charge in [0.1, 0.15) is 0 Å². The SMILES string of the molecule is C1CC[C@@H]2SS[C@@H]3CCCCC3=C2C1. The van der Waals surface area contributed by atoms with Crippen molar-refractivity contribution in [3.63, 3.8) is 0 Å². The lowest BCUT2D eigenvalue weighted by molar-refractivity contribution is 0.558. The highest BCUT2D eigenvalue weighted by Gasteiger charge is 2.33. The molecule has 0 aromatic rings. The Morgan fingerprint density at radius 3 is 1.71 bits per heavy atom. The van der Waals surface area contributed by atoms with Crippen LogP contribution < -0.4 is 0 Å². The van der Waals surface area contributed by atoms with Gasteiger partial charge >= 0.3 is 0 Å². The molecule has 0 spiro atoms. The molecule has 2 saturated carbocycles. The van der Waals surface area contributed by atoms with Crippen LogP contribution in [0.15, 0.2) is 11.1 Å². The van der Waals surface area contributed by atoms with Gasteiger partial charge in [-0.25, -0.2) is 0 Å². The maximum Gasteiger partial charge on any atom is 0.0363 e. The van der Waals surface area contributed by atoms with E-state index in [1.54, 1.807) is 0 Å². The van der Waals surface area contributed by atoms with Gasteiger partial charge in [-0.1, -0.05) is 45.6 Å². The molecular weight excluding hydrogens is 208 g/mol. The Kier molecular flexibility index (Phi) is 2.85. The fraction of sp³-hybridized carbons (Fsp3) is 0.833. The first kappa shape index (κ1) is 9.65. The molecule has 1 aliphatic heterocycles. The third-order valence-electron chi connectivity index (χ3n) is 3.80. The van der Waals surface area contributed by atoms with E-state index in [-0.39, 0.29) is 0 Å². The first-order chi connectivity index (χ1) is 6.95. The summed E-state index contributed by atoms with van der Waals surface area (Å²) < 4.78 is 0. The molecule has 0 nitrogen and oxygen atoms in total. The van der Waals surface area contributed by atoms with Gasteiger partial charge in [0.15, 0.2) is 0 Å². The van der Waals surface area contributed by atoms with Crippen molar-refractivity contribution in [2.75, 3.05) is 0 Å². The van der Waals surface area contributed by atoms with E-state index >= 15 is 0 Å². The molecule has 0 bridgehead atoms. The summed E-state index contributed by atoms with van der Waals surface area (Å²) in [6.45, 7) is 0. The lowest BCUT2D eigenvalue weighted by Crippen LogP contribution is -2.24. The van der Waals surface area contributed by atoms with Crippen LogP contribution >= 0.6 is 21.6 Å². The van der Waals surface area contributed by atoms with E-state index < -0.39 is 0 Å². The molecule has 3 rings (SSSR count). The number of fused-ring (bicyclic) bond motifs is 2. The summed E-state index contributed by atoms with van der Waals surface area (Å²) in [5.41, 5.74) is 3.79. The lowest BCUT2D eigenvalue weighted by Gasteiger charge is -2.38. The molecular formula is C12H18S2. The van der Waals surface area contributed by atoms with Gasteiger partial charge in [-0.2, -0.15) is 0 Å². The highest BCUT2D eigenvalue weighted by Crippen LogP contribution is 2.52. The van der Waals surface area contributed by atoms with E-state index in [0.717, 1.165) is 10.5 Å². The van der Waals surface area contributed by atoms with Gasteiger partial charge in [0.2, 0.25) is 0 Å². The fourth-order valence-corrected chi connectivity index (χ4v) is 6.69. The van der Waals surface area contributed by atoms with E-state index in [4.69, 9.17) is 0 Å². The molecule has 0 N–H and O–H groups in total. The van der Waals surface area contributed by atoms with Crippen LogP contribution in [0.1, 0.15) is 51.4 Å². The molecule has 2 fully saturated rings. The van der Waals surface area contributed by atoms with Gasteiger partial charge in [-0.15, -0.1) is 0 Å². The summed E-state index contributed by atoms with van der Waals surface area (Å²) >= 11 is 0. The van der Waals surface area contributed by atoms with Gasteiger partial charge in [0.25, 0.3) is 0 Å². The first-order valence-electron chi connectivity index (χ1n) is 5.99. The molecule has 0 amide bonds. The Morgan fingerprint density at radius 2 is 1.21 bits per heavy atom. The zero-order valence-corrected chi connectivity index (χ0v) is 10.3. The second-order valence-electron chi connectivity index (χ2n) is 4.71. The minimum absolute atomic E-state index is 0.915. The van der Waals surface area contributed by atoms with Crippen LogP contribution in [0.5, 0.6) is 0 Å². The third kappa shape index (κ3) is 1.65. The third-order valence-corrected chi connectivity index (χ3v) is 7.15. The van der Waals surface area contributed by atoms with E-state index in [1.807, 2.05) is 11.1 Å². The van der Waals surface area contributed by atoms with Gasteiger partial charge in [0, 0.05) is 10.5 Å². The van der Waals surface area contributed by atoms with Crippen molar-refractivity contribution in [3.05, 3.63) is 11.1 Å². The van der Waals surface area contributed by atoms with E-state index in [0.29, 0.717) is 0 Å². The predicted molar refractivity (Wildman–Crippen MR) is 66.7 cm³/mol. The van der Waals surface area contributed by atoms with Crippen molar-refractivity contribution in [1.29, 1.82) is 0 Å². The summed E-state index contributed by atoms with van der Waals surface area (Å²) in [6.07, 6.45) is 11.7. The summed E-state index contributed by atoms with van der Waals surface area (Å²) in [5.74, 6) is 0. The lowest BCUT2D eigenvalue weighted by atomic mass is 9.83. The maximum absolute atomic E-state index is 2.19. The molecule has 0 radical (unpaired) electrons. The van der Waals surface area contributed by atoms with Crippen LogP contribution in [0.25, 0.3) is 0 Å². The van der Waals surface area contributed by atoms with Crippen LogP contribution in [-0.4, -0.2) is 10.5 Å². The molecule has 1 heterocycles. The zero-order valence-electron chi connectivity index (χ0n) is 8.63. The molecule has 14 heavy (non-hydrogen) atoms. The summed E-state index contributed by atoms with van der Waals surface area (Å²) in [6, 6.07) is 0. The standard InChI is InChI=1S/C12H18S2/c1-3-7-11-9(5-1)10-6-2-4-8-12(10)14-13-11/h11-12H,1-8H2/t11-,12+. The average Bonchev–Trinajstić information content (AvgIpc) is 2.29. The maximum atomic E-state index is 2.19. The fourth-order valence-electron chi connectivity index (χ4n) is 3.04. The Hall–Kier alpha value is 0.440. The summed E-state index contributed by atoms with van der Waals surface area (Å²) in [7, 11) is 4.38. The molecule has 0 unspecified atom stereocenters. The highest BCUT2D eigenvalue weighted by atomic mass is 33.1. The van der Waals surface area contributed by atoms with Crippen molar-refractivity contribution in [2.45, 2.75) is 61.9 Å². The Labute approximate surface area is 94.7 Å². The minimum atomic E-state index is 0.915. The van der Waals surface area contributed by atoms with Crippen LogP contribution in [0.4, 0.5) is 0 Å². The molecule has 0 saturated heterocycles. The topological polar surface area (TPSA) is 0 Å². The summed E-state index contributed by atoms with van der Waals surface area (Å²) in [5, 5.41) is 1.83. The molecule has 2 atom stereocenters. The van der Waals surface area contributed by atoms with E-state index in [9.17, 15) is 0 Å². The number of rotatable bonds is 0. The van der Waals surface area contributed by atoms with Crippen LogP contribution in [0.2, 0.25) is 0 Å². The molecule has 3 aliphatic rings. The van der Waals surface area contributed by atoms with E-state index in [1.165, 1.54) is 51.4 Å². The van der Waals surface area contributed by atoms with Crippen LogP contribution in [0.3, 0.4) is 0 Å².